The summed E-state index contributed by atoms with van der Waals surface area (Å²) < 4.78 is 14.1. The minimum atomic E-state index is -0.328. The lowest BCUT2D eigenvalue weighted by molar-refractivity contribution is 0.621. The molecule has 0 bridgehead atoms. The number of nitrogens with zero attached hydrogens (tertiary/aromatic N) is 2. The lowest BCUT2D eigenvalue weighted by Crippen LogP contribution is -2.17. The number of aromatic nitrogens is 2. The molecule has 0 saturated heterocycles. The summed E-state index contributed by atoms with van der Waals surface area (Å²) in [6, 6.07) is 4.87. The van der Waals surface area contributed by atoms with Gasteiger partial charge < -0.3 is 5.43 Å². The predicted molar refractivity (Wildman–Crippen MR) is 79.6 cm³/mol. The van der Waals surface area contributed by atoms with Crippen molar-refractivity contribution in [3.8, 4) is 11.4 Å². The third kappa shape index (κ3) is 2.41. The molecule has 0 atom stereocenters. The third-order valence-corrected chi connectivity index (χ3v) is 4.14. The molecular formula is C14H14BrFN4. The van der Waals surface area contributed by atoms with Crippen LogP contribution in [0.4, 0.5) is 10.2 Å². The molecule has 1 aromatic carbocycles. The second kappa shape index (κ2) is 5.46. The number of nitrogens with one attached hydrogen (secondary N) is 1. The van der Waals surface area contributed by atoms with Gasteiger partial charge in [-0.05, 0) is 59.8 Å². The normalized spacial score (nSPS) is 13.9. The van der Waals surface area contributed by atoms with Crippen LogP contribution in [0.5, 0.6) is 0 Å². The highest BCUT2D eigenvalue weighted by Crippen LogP contribution is 2.29. The average Bonchev–Trinajstić information content (AvgIpc) is 2.49. The van der Waals surface area contributed by atoms with Gasteiger partial charge in [-0.3, -0.25) is 0 Å². The number of fused-ring (bicyclic) bond motifs is 1. The molecule has 0 saturated carbocycles. The van der Waals surface area contributed by atoms with Crippen LogP contribution in [0, 0.1) is 5.82 Å². The van der Waals surface area contributed by atoms with Crippen LogP contribution >= 0.6 is 15.9 Å². The van der Waals surface area contributed by atoms with Gasteiger partial charge in [-0.25, -0.2) is 20.2 Å². The summed E-state index contributed by atoms with van der Waals surface area (Å²) in [6.45, 7) is 0. The number of halogens is 2. The first-order valence-electron chi connectivity index (χ1n) is 6.51. The molecule has 4 nitrogen and oxygen atoms in total. The van der Waals surface area contributed by atoms with Gasteiger partial charge in [0.2, 0.25) is 0 Å². The van der Waals surface area contributed by atoms with Crippen molar-refractivity contribution in [1.29, 1.82) is 0 Å². The van der Waals surface area contributed by atoms with E-state index in [0.29, 0.717) is 21.7 Å². The van der Waals surface area contributed by atoms with E-state index in [4.69, 9.17) is 5.84 Å². The lowest BCUT2D eigenvalue weighted by atomic mass is 9.96. The van der Waals surface area contributed by atoms with Gasteiger partial charge in [0.1, 0.15) is 11.6 Å². The van der Waals surface area contributed by atoms with E-state index in [0.717, 1.165) is 36.9 Å². The van der Waals surface area contributed by atoms with Crippen LogP contribution in [0.2, 0.25) is 0 Å². The molecule has 1 aliphatic rings. The first kappa shape index (κ1) is 13.5. The van der Waals surface area contributed by atoms with Crippen LogP contribution < -0.4 is 11.3 Å². The first-order valence-corrected chi connectivity index (χ1v) is 7.30. The summed E-state index contributed by atoms with van der Waals surface area (Å²) >= 11 is 3.14. The Morgan fingerprint density at radius 2 is 2.00 bits per heavy atom. The van der Waals surface area contributed by atoms with Gasteiger partial charge in [-0.1, -0.05) is 0 Å². The van der Waals surface area contributed by atoms with Crippen molar-refractivity contribution in [2.24, 2.45) is 5.84 Å². The Balaban J connectivity index is 2.11. The van der Waals surface area contributed by atoms with E-state index in [1.165, 1.54) is 6.07 Å². The Hall–Kier alpha value is -1.53. The standard InChI is InChI=1S/C14H14BrFN4/c15-10-6-5-8(7-11(10)16)13-18-12-4-2-1-3-9(12)14(19-13)20-17/h5-7H,1-4,17H2,(H,18,19,20). The van der Waals surface area contributed by atoms with Crippen LogP contribution in [0.25, 0.3) is 11.4 Å². The van der Waals surface area contributed by atoms with Crippen molar-refractivity contribution in [1.82, 2.24) is 9.97 Å². The second-order valence-corrected chi connectivity index (χ2v) is 5.66. The van der Waals surface area contributed by atoms with Gasteiger partial charge in [0.05, 0.1) is 4.47 Å². The summed E-state index contributed by atoms with van der Waals surface area (Å²) in [6.07, 6.45) is 4.09. The summed E-state index contributed by atoms with van der Waals surface area (Å²) in [7, 11) is 0. The molecule has 2 aromatic rings. The van der Waals surface area contributed by atoms with Gasteiger partial charge in [-0.15, -0.1) is 0 Å². The van der Waals surface area contributed by atoms with Crippen LogP contribution in [0.1, 0.15) is 24.1 Å². The van der Waals surface area contributed by atoms with Gasteiger partial charge in [0, 0.05) is 16.8 Å². The molecule has 0 spiro atoms. The SMILES string of the molecule is NNc1nc(-c2ccc(Br)c(F)c2)nc2c1CCCC2. The number of nitrogen functional groups attached to an aromatic ring is 1. The first-order chi connectivity index (χ1) is 9.69. The molecule has 0 unspecified atom stereocenters. The van der Waals surface area contributed by atoms with Crippen LogP contribution in [0.3, 0.4) is 0 Å². The zero-order chi connectivity index (χ0) is 14.1. The van der Waals surface area contributed by atoms with Gasteiger partial charge in [0.25, 0.3) is 0 Å². The maximum atomic E-state index is 13.6. The molecule has 1 heterocycles. The van der Waals surface area contributed by atoms with Gasteiger partial charge in [-0.2, -0.15) is 0 Å². The van der Waals surface area contributed by atoms with Crippen molar-refractivity contribution in [3.05, 3.63) is 39.7 Å². The van der Waals surface area contributed by atoms with E-state index in [-0.39, 0.29) is 5.82 Å². The molecule has 3 N–H and O–H groups in total. The van der Waals surface area contributed by atoms with Crippen molar-refractivity contribution in [2.75, 3.05) is 5.43 Å². The van der Waals surface area contributed by atoms with E-state index in [1.807, 2.05) is 0 Å². The predicted octanol–water partition coefficient (Wildman–Crippen LogP) is 3.21. The number of benzene rings is 1. The quantitative estimate of drug-likeness (QED) is 0.652. The summed E-state index contributed by atoms with van der Waals surface area (Å²) in [5.41, 5.74) is 5.38. The van der Waals surface area contributed by atoms with Gasteiger partial charge in [0.15, 0.2) is 5.82 Å². The Kier molecular flexibility index (Phi) is 3.67. The molecule has 1 aliphatic carbocycles. The van der Waals surface area contributed by atoms with E-state index >= 15 is 0 Å². The number of aryl methyl sites for hydroxylation is 1. The molecular weight excluding hydrogens is 323 g/mol. The van der Waals surface area contributed by atoms with Gasteiger partial charge >= 0.3 is 0 Å². The number of hydrogen-bond acceptors (Lipinski definition) is 4. The van der Waals surface area contributed by atoms with Crippen molar-refractivity contribution >= 4 is 21.7 Å². The highest BCUT2D eigenvalue weighted by atomic mass is 79.9. The van der Waals surface area contributed by atoms with Crippen molar-refractivity contribution in [2.45, 2.75) is 25.7 Å². The third-order valence-electron chi connectivity index (χ3n) is 3.50. The zero-order valence-electron chi connectivity index (χ0n) is 10.8. The fourth-order valence-corrected chi connectivity index (χ4v) is 2.72. The van der Waals surface area contributed by atoms with E-state index in [2.05, 4.69) is 31.3 Å². The maximum absolute atomic E-state index is 13.6. The summed E-state index contributed by atoms with van der Waals surface area (Å²) in [5, 5.41) is 0. The summed E-state index contributed by atoms with van der Waals surface area (Å²) in [5.74, 6) is 6.38. The second-order valence-electron chi connectivity index (χ2n) is 4.80. The largest absolute Gasteiger partial charge is 0.308 e. The molecule has 1 aromatic heterocycles. The zero-order valence-corrected chi connectivity index (χ0v) is 12.4. The maximum Gasteiger partial charge on any atom is 0.161 e. The fraction of sp³-hybridized carbons (Fsp3) is 0.286. The summed E-state index contributed by atoms with van der Waals surface area (Å²) in [4.78, 5) is 8.99. The Labute approximate surface area is 124 Å². The average molecular weight is 337 g/mol. The molecule has 0 fully saturated rings. The number of hydrazine groups is 1. The topological polar surface area (TPSA) is 63.8 Å². The minimum Gasteiger partial charge on any atom is -0.308 e. The number of rotatable bonds is 2. The lowest BCUT2D eigenvalue weighted by Gasteiger charge is -2.18. The van der Waals surface area contributed by atoms with Crippen LogP contribution in [-0.2, 0) is 12.8 Å². The smallest absolute Gasteiger partial charge is 0.161 e. The van der Waals surface area contributed by atoms with E-state index < -0.39 is 0 Å². The molecule has 0 aliphatic heterocycles. The Morgan fingerprint density at radius 1 is 1.20 bits per heavy atom. The monoisotopic (exact) mass is 336 g/mol. The molecule has 0 amide bonds. The highest BCUT2D eigenvalue weighted by molar-refractivity contribution is 9.10. The highest BCUT2D eigenvalue weighted by Gasteiger charge is 2.18. The molecule has 6 heteroatoms. The number of hydrogen-bond donors (Lipinski definition) is 2. The molecule has 3 rings (SSSR count). The van der Waals surface area contributed by atoms with Crippen LogP contribution in [0.15, 0.2) is 22.7 Å². The molecule has 20 heavy (non-hydrogen) atoms. The van der Waals surface area contributed by atoms with Crippen LogP contribution in [-0.4, -0.2) is 9.97 Å². The molecule has 104 valence electrons. The minimum absolute atomic E-state index is 0.328. The number of anilines is 1. The van der Waals surface area contributed by atoms with Crippen molar-refractivity contribution in [3.63, 3.8) is 0 Å². The number of nitrogens with two attached hydrogens (primary N) is 1. The fourth-order valence-electron chi connectivity index (χ4n) is 2.48. The van der Waals surface area contributed by atoms with E-state index in [1.54, 1.807) is 12.1 Å². The Bertz CT molecular complexity index is 643. The van der Waals surface area contributed by atoms with E-state index in [9.17, 15) is 4.39 Å². The van der Waals surface area contributed by atoms with Crippen molar-refractivity contribution < 1.29 is 4.39 Å². The molecule has 0 radical (unpaired) electrons. The Morgan fingerprint density at radius 3 is 2.75 bits per heavy atom.